The first-order valence-electron chi connectivity index (χ1n) is 8.36. The third-order valence-corrected chi connectivity index (χ3v) is 6.51. The smallest absolute Gasteiger partial charge is 0.260 e. The third-order valence-electron chi connectivity index (χ3n) is 4.62. The molecule has 7 heteroatoms. The van der Waals surface area contributed by atoms with Crippen molar-refractivity contribution in [1.82, 2.24) is 19.1 Å². The average Bonchev–Trinajstić information content (AvgIpc) is 3.06. The molecule has 130 valence electrons. The number of nitrogens with zero attached hydrogens (tertiary/aromatic N) is 4. The molecule has 0 bridgehead atoms. The van der Waals surface area contributed by atoms with Crippen molar-refractivity contribution in [2.75, 3.05) is 13.1 Å². The number of aromatic nitrogens is 3. The minimum absolute atomic E-state index is 0.0125. The number of rotatable bonds is 4. The zero-order valence-electron chi connectivity index (χ0n) is 14.4. The van der Waals surface area contributed by atoms with Gasteiger partial charge in [0.2, 0.25) is 0 Å². The second kappa shape index (κ2) is 6.64. The highest BCUT2D eigenvalue weighted by atomic mass is 32.2. The fraction of sp³-hybridized carbons (Fsp3) is 0.529. The fourth-order valence-electron chi connectivity index (χ4n) is 3.32. The highest BCUT2D eigenvalue weighted by Crippen LogP contribution is 2.31. The highest BCUT2D eigenvalue weighted by molar-refractivity contribution is 7.89. The molecule has 0 N–H and O–H groups in total. The van der Waals surface area contributed by atoms with E-state index in [1.54, 1.807) is 21.3 Å². The number of pyridine rings is 1. The molecule has 3 heterocycles. The van der Waals surface area contributed by atoms with Gasteiger partial charge in [-0.1, -0.05) is 6.07 Å². The number of piperidine rings is 1. The summed E-state index contributed by atoms with van der Waals surface area (Å²) < 4.78 is 29.0. The van der Waals surface area contributed by atoms with E-state index in [9.17, 15) is 8.42 Å². The molecule has 0 aliphatic carbocycles. The van der Waals surface area contributed by atoms with Crippen molar-refractivity contribution in [3.63, 3.8) is 0 Å². The van der Waals surface area contributed by atoms with E-state index in [2.05, 4.69) is 23.1 Å². The Morgan fingerprint density at radius 3 is 2.50 bits per heavy atom. The van der Waals surface area contributed by atoms with Crippen LogP contribution in [0.4, 0.5) is 0 Å². The Labute approximate surface area is 143 Å². The zero-order chi connectivity index (χ0) is 17.3. The van der Waals surface area contributed by atoms with Gasteiger partial charge < -0.3 is 0 Å². The van der Waals surface area contributed by atoms with Crippen molar-refractivity contribution in [1.29, 1.82) is 0 Å². The quantitative estimate of drug-likeness (QED) is 0.852. The second-order valence-electron chi connectivity index (χ2n) is 6.59. The molecule has 0 amide bonds. The van der Waals surface area contributed by atoms with Crippen LogP contribution in [0, 0.1) is 6.92 Å². The molecule has 3 rings (SSSR count). The van der Waals surface area contributed by atoms with Crippen LogP contribution >= 0.6 is 0 Å². The van der Waals surface area contributed by atoms with Crippen LogP contribution < -0.4 is 0 Å². The summed E-state index contributed by atoms with van der Waals surface area (Å²) in [4.78, 5) is 4.49. The van der Waals surface area contributed by atoms with Crippen molar-refractivity contribution >= 4 is 10.0 Å². The molecule has 24 heavy (non-hydrogen) atoms. The van der Waals surface area contributed by atoms with Crippen molar-refractivity contribution in [3.05, 3.63) is 41.9 Å². The molecule has 0 spiro atoms. The first-order chi connectivity index (χ1) is 11.4. The average molecular weight is 348 g/mol. The van der Waals surface area contributed by atoms with Gasteiger partial charge in [-0.05, 0) is 51.3 Å². The van der Waals surface area contributed by atoms with E-state index in [0.29, 0.717) is 19.0 Å². The van der Waals surface area contributed by atoms with Crippen LogP contribution in [-0.4, -0.2) is 40.6 Å². The molecule has 6 nitrogen and oxygen atoms in total. The van der Waals surface area contributed by atoms with E-state index in [1.807, 2.05) is 26.1 Å². The van der Waals surface area contributed by atoms with Crippen LogP contribution in [0.3, 0.4) is 0 Å². The summed E-state index contributed by atoms with van der Waals surface area (Å²) in [7, 11) is -3.50. The number of sulfonamides is 1. The summed E-state index contributed by atoms with van der Waals surface area (Å²) in [5.74, 6) is 0.327. The van der Waals surface area contributed by atoms with Crippen LogP contribution in [0.5, 0.6) is 0 Å². The molecule has 2 aromatic heterocycles. The summed E-state index contributed by atoms with van der Waals surface area (Å²) in [6.45, 7) is 6.97. The van der Waals surface area contributed by atoms with E-state index in [-0.39, 0.29) is 11.1 Å². The summed E-state index contributed by atoms with van der Waals surface area (Å²) in [6.07, 6.45) is 4.96. The number of hydrogen-bond donors (Lipinski definition) is 0. The molecule has 0 unspecified atom stereocenters. The molecule has 1 aliphatic rings. The maximum absolute atomic E-state index is 12.9. The lowest BCUT2D eigenvalue weighted by Gasteiger charge is -2.31. The predicted molar refractivity (Wildman–Crippen MR) is 92.3 cm³/mol. The van der Waals surface area contributed by atoms with Gasteiger partial charge in [0.05, 0.1) is 6.20 Å². The monoisotopic (exact) mass is 348 g/mol. The Hall–Kier alpha value is -1.73. The standard InChI is InChI=1S/C17H24N4O2S/c1-13(2)21-16(6-10-19-21)24(22,23)20-11-7-15(8-12-20)17-14(3)5-4-9-18-17/h4-6,9-10,13,15H,7-8,11-12H2,1-3H3. The summed E-state index contributed by atoms with van der Waals surface area (Å²) in [5.41, 5.74) is 2.28. The van der Waals surface area contributed by atoms with Gasteiger partial charge in [0.25, 0.3) is 10.0 Å². The summed E-state index contributed by atoms with van der Waals surface area (Å²) in [6, 6.07) is 5.60. The lowest BCUT2D eigenvalue weighted by molar-refractivity contribution is 0.312. The largest absolute Gasteiger partial charge is 0.261 e. The lowest BCUT2D eigenvalue weighted by Crippen LogP contribution is -2.39. The Morgan fingerprint density at radius 2 is 1.88 bits per heavy atom. The van der Waals surface area contributed by atoms with Gasteiger partial charge in [0.15, 0.2) is 5.03 Å². The molecule has 0 atom stereocenters. The zero-order valence-corrected chi connectivity index (χ0v) is 15.2. The number of hydrogen-bond acceptors (Lipinski definition) is 4. The molecular weight excluding hydrogens is 324 g/mol. The van der Waals surface area contributed by atoms with Crippen molar-refractivity contribution in [2.24, 2.45) is 0 Å². The summed E-state index contributed by atoms with van der Waals surface area (Å²) in [5, 5.41) is 4.43. The molecule has 1 fully saturated rings. The molecule has 0 radical (unpaired) electrons. The topological polar surface area (TPSA) is 68.1 Å². The van der Waals surface area contributed by atoms with E-state index >= 15 is 0 Å². The predicted octanol–water partition coefficient (Wildman–Crippen LogP) is 2.74. The van der Waals surface area contributed by atoms with Crippen LogP contribution in [-0.2, 0) is 10.0 Å². The van der Waals surface area contributed by atoms with Crippen LogP contribution in [0.25, 0.3) is 0 Å². The summed E-state index contributed by atoms with van der Waals surface area (Å²) >= 11 is 0. The fourth-order valence-corrected chi connectivity index (χ4v) is 5.00. The van der Waals surface area contributed by atoms with Gasteiger partial charge in [0.1, 0.15) is 0 Å². The van der Waals surface area contributed by atoms with E-state index in [4.69, 9.17) is 0 Å². The van der Waals surface area contributed by atoms with Gasteiger partial charge in [-0.3, -0.25) is 9.67 Å². The van der Waals surface area contributed by atoms with E-state index in [1.165, 1.54) is 5.56 Å². The third kappa shape index (κ3) is 3.10. The SMILES string of the molecule is Cc1cccnc1C1CCN(S(=O)(=O)c2ccnn2C(C)C)CC1. The first kappa shape index (κ1) is 17.1. The molecule has 0 aromatic carbocycles. The van der Waals surface area contributed by atoms with Crippen molar-refractivity contribution < 1.29 is 8.42 Å². The van der Waals surface area contributed by atoms with Gasteiger partial charge in [-0.2, -0.15) is 9.40 Å². The second-order valence-corrected chi connectivity index (χ2v) is 8.48. The van der Waals surface area contributed by atoms with E-state index < -0.39 is 10.0 Å². The Balaban J connectivity index is 1.77. The van der Waals surface area contributed by atoms with Gasteiger partial charge in [-0.25, -0.2) is 8.42 Å². The molecular formula is C17H24N4O2S. The van der Waals surface area contributed by atoms with Gasteiger partial charge >= 0.3 is 0 Å². The molecule has 2 aromatic rings. The minimum Gasteiger partial charge on any atom is -0.261 e. The maximum Gasteiger partial charge on any atom is 0.260 e. The first-order valence-corrected chi connectivity index (χ1v) is 9.80. The highest BCUT2D eigenvalue weighted by Gasteiger charge is 2.33. The Kier molecular flexibility index (Phi) is 4.73. The van der Waals surface area contributed by atoms with Gasteiger partial charge in [0, 0.05) is 36.9 Å². The lowest BCUT2D eigenvalue weighted by atomic mass is 9.92. The Bertz CT molecular complexity index is 806. The molecule has 1 aliphatic heterocycles. The van der Waals surface area contributed by atoms with Crippen LogP contribution in [0.1, 0.15) is 49.9 Å². The van der Waals surface area contributed by atoms with Crippen molar-refractivity contribution in [3.8, 4) is 0 Å². The van der Waals surface area contributed by atoms with Crippen molar-refractivity contribution in [2.45, 2.75) is 50.6 Å². The Morgan fingerprint density at radius 1 is 1.17 bits per heavy atom. The maximum atomic E-state index is 12.9. The molecule has 1 saturated heterocycles. The normalized spacial score (nSPS) is 17.5. The van der Waals surface area contributed by atoms with Crippen LogP contribution in [0.2, 0.25) is 0 Å². The number of aryl methyl sites for hydroxylation is 1. The van der Waals surface area contributed by atoms with E-state index in [0.717, 1.165) is 18.5 Å². The minimum atomic E-state index is -3.50. The van der Waals surface area contributed by atoms with Gasteiger partial charge in [-0.15, -0.1) is 0 Å². The van der Waals surface area contributed by atoms with Crippen LogP contribution in [0.15, 0.2) is 35.6 Å². The molecule has 0 saturated carbocycles.